The predicted molar refractivity (Wildman–Crippen MR) is 126 cm³/mol. The lowest BCUT2D eigenvalue weighted by Crippen LogP contribution is -2.40. The maximum Gasteiger partial charge on any atom is 0.256 e. The Balaban J connectivity index is 1.57. The van der Waals surface area contributed by atoms with E-state index < -0.39 is 5.54 Å². The summed E-state index contributed by atoms with van der Waals surface area (Å²) in [5, 5.41) is 6.72. The van der Waals surface area contributed by atoms with E-state index in [-0.39, 0.29) is 11.7 Å². The van der Waals surface area contributed by atoms with Gasteiger partial charge in [-0.05, 0) is 36.0 Å². The Labute approximate surface area is 188 Å². The van der Waals surface area contributed by atoms with Gasteiger partial charge in [-0.25, -0.2) is 0 Å². The standard InChI is InChI=1S/C25H30N6O/c1-2-3-10-22-28-25(15-6-7-16-25)24(32)31(22)17-18-11-13-19(14-12-18)20-8-4-5-9-21(20)23(26)29-30-27/h4-5,8-9,11-14H,2-3,6-7,10,15-17H2,1H3,(H3,26,27,29). The molecule has 7 nitrogen and oxygen atoms in total. The number of amidine groups is 2. The van der Waals surface area contributed by atoms with Gasteiger partial charge in [0.05, 0.1) is 6.54 Å². The van der Waals surface area contributed by atoms with Gasteiger partial charge in [-0.15, -0.1) is 5.10 Å². The summed E-state index contributed by atoms with van der Waals surface area (Å²) in [4.78, 5) is 20.2. The predicted octanol–water partition coefficient (Wildman–Crippen LogP) is 5.25. The van der Waals surface area contributed by atoms with Gasteiger partial charge >= 0.3 is 0 Å². The molecule has 1 amide bonds. The summed E-state index contributed by atoms with van der Waals surface area (Å²) >= 11 is 0. The molecular formula is C25H30N6O. The number of nitrogens with one attached hydrogen (secondary N) is 1. The number of nitrogens with two attached hydrogens (primary N) is 1. The van der Waals surface area contributed by atoms with E-state index in [0.717, 1.165) is 73.0 Å². The number of unbranched alkanes of at least 4 members (excludes halogenated alkanes) is 1. The van der Waals surface area contributed by atoms with Gasteiger partial charge in [0.15, 0.2) is 5.84 Å². The second-order valence-electron chi connectivity index (χ2n) is 8.59. The second-order valence-corrected chi connectivity index (χ2v) is 8.59. The van der Waals surface area contributed by atoms with Crippen molar-refractivity contribution in [2.75, 3.05) is 0 Å². The van der Waals surface area contributed by atoms with Crippen molar-refractivity contribution >= 4 is 17.6 Å². The third-order valence-corrected chi connectivity index (χ3v) is 6.45. The van der Waals surface area contributed by atoms with Gasteiger partial charge in [-0.3, -0.25) is 14.7 Å². The van der Waals surface area contributed by atoms with Gasteiger partial charge in [0.1, 0.15) is 11.4 Å². The van der Waals surface area contributed by atoms with Crippen molar-refractivity contribution in [3.63, 3.8) is 0 Å². The van der Waals surface area contributed by atoms with Crippen molar-refractivity contribution in [3.8, 4) is 11.1 Å². The van der Waals surface area contributed by atoms with Crippen molar-refractivity contribution < 1.29 is 4.79 Å². The number of nitrogens with zero attached hydrogens (tertiary/aromatic N) is 4. The van der Waals surface area contributed by atoms with E-state index in [4.69, 9.17) is 16.3 Å². The number of carbonyl (C=O) groups is 1. The molecule has 1 fully saturated rings. The highest BCUT2D eigenvalue weighted by Crippen LogP contribution is 2.40. The molecule has 7 heteroatoms. The van der Waals surface area contributed by atoms with Crippen LogP contribution in [0.1, 0.15) is 63.0 Å². The molecule has 2 aliphatic rings. The Morgan fingerprint density at radius 3 is 2.56 bits per heavy atom. The summed E-state index contributed by atoms with van der Waals surface area (Å²) in [6, 6.07) is 15.8. The zero-order valence-electron chi connectivity index (χ0n) is 18.6. The number of hydrogen-bond acceptors (Lipinski definition) is 4. The van der Waals surface area contributed by atoms with E-state index in [1.54, 1.807) is 0 Å². The first-order chi connectivity index (χ1) is 15.6. The molecule has 0 saturated heterocycles. The molecule has 0 bridgehead atoms. The summed E-state index contributed by atoms with van der Waals surface area (Å²) < 4.78 is 0. The number of benzene rings is 2. The zero-order chi connectivity index (χ0) is 22.6. The molecule has 0 radical (unpaired) electrons. The van der Waals surface area contributed by atoms with Crippen LogP contribution in [-0.4, -0.2) is 28.0 Å². The maximum atomic E-state index is 13.3. The average molecular weight is 431 g/mol. The summed E-state index contributed by atoms with van der Waals surface area (Å²) in [6.45, 7) is 2.71. The fourth-order valence-electron chi connectivity index (χ4n) is 4.74. The summed E-state index contributed by atoms with van der Waals surface area (Å²) in [7, 11) is 0. The monoisotopic (exact) mass is 430 g/mol. The van der Waals surface area contributed by atoms with Gasteiger partial charge in [-0.1, -0.05) is 79.9 Å². The summed E-state index contributed by atoms with van der Waals surface area (Å²) in [6.07, 6.45) is 6.90. The van der Waals surface area contributed by atoms with E-state index in [9.17, 15) is 4.79 Å². The van der Waals surface area contributed by atoms with Gasteiger partial charge in [0, 0.05) is 12.0 Å². The second kappa shape index (κ2) is 9.42. The molecule has 4 rings (SSSR count). The van der Waals surface area contributed by atoms with Crippen molar-refractivity contribution in [1.29, 1.82) is 5.53 Å². The average Bonchev–Trinajstić information content (AvgIpc) is 3.39. The lowest BCUT2D eigenvalue weighted by molar-refractivity contribution is -0.131. The normalized spacial score (nSPS) is 17.8. The topological polar surface area (TPSA) is 107 Å². The molecule has 32 heavy (non-hydrogen) atoms. The van der Waals surface area contributed by atoms with E-state index >= 15 is 0 Å². The highest BCUT2D eigenvalue weighted by molar-refractivity contribution is 6.08. The molecule has 2 aromatic rings. The Kier molecular flexibility index (Phi) is 6.44. The number of aliphatic imine (C=N–C) groups is 1. The van der Waals surface area contributed by atoms with Gasteiger partial charge in [0.2, 0.25) is 0 Å². The molecule has 1 aliphatic heterocycles. The summed E-state index contributed by atoms with van der Waals surface area (Å²) in [5.74, 6) is 1.34. The summed E-state index contributed by atoms with van der Waals surface area (Å²) in [5.41, 5.74) is 16.2. The van der Waals surface area contributed by atoms with Gasteiger partial charge in [-0.2, -0.15) is 5.53 Å². The van der Waals surface area contributed by atoms with Crippen LogP contribution in [0.25, 0.3) is 11.1 Å². The molecule has 1 aliphatic carbocycles. The van der Waals surface area contributed by atoms with Crippen LogP contribution >= 0.6 is 0 Å². The fraction of sp³-hybridized carbons (Fsp3) is 0.400. The molecule has 1 saturated carbocycles. The van der Waals surface area contributed by atoms with E-state index in [0.29, 0.717) is 6.54 Å². The molecule has 3 N–H and O–H groups in total. The highest BCUT2D eigenvalue weighted by atomic mass is 16.2. The van der Waals surface area contributed by atoms with Crippen molar-refractivity contribution in [1.82, 2.24) is 4.90 Å². The molecule has 0 aromatic heterocycles. The Morgan fingerprint density at radius 1 is 1.16 bits per heavy atom. The third-order valence-electron chi connectivity index (χ3n) is 6.45. The number of carbonyl (C=O) groups excluding carboxylic acids is 1. The minimum absolute atomic E-state index is 0.179. The molecule has 0 atom stereocenters. The Hall–Kier alpha value is -3.35. The Morgan fingerprint density at radius 2 is 1.88 bits per heavy atom. The third kappa shape index (κ3) is 4.20. The van der Waals surface area contributed by atoms with Crippen LogP contribution < -0.4 is 5.73 Å². The molecular weight excluding hydrogens is 400 g/mol. The lowest BCUT2D eigenvalue weighted by Gasteiger charge is -2.23. The largest absolute Gasteiger partial charge is 0.382 e. The van der Waals surface area contributed by atoms with Crippen molar-refractivity contribution in [2.24, 2.45) is 21.1 Å². The smallest absolute Gasteiger partial charge is 0.256 e. The minimum Gasteiger partial charge on any atom is -0.382 e. The number of hydrogen-bond donors (Lipinski definition) is 2. The number of rotatable bonds is 8. The molecule has 2 aromatic carbocycles. The molecule has 0 unspecified atom stereocenters. The van der Waals surface area contributed by atoms with Crippen LogP contribution in [0.2, 0.25) is 0 Å². The van der Waals surface area contributed by atoms with E-state index in [2.05, 4.69) is 29.4 Å². The SMILES string of the molecule is CCCCC1=NC2(CCCC2)C(=O)N1Cc1ccc(-c2ccccc2C(N)=NN=N)cc1. The molecule has 1 spiro atoms. The first kappa shape index (κ1) is 21.9. The number of amides is 1. The van der Waals surface area contributed by atoms with Gasteiger partial charge in [0.25, 0.3) is 5.91 Å². The maximum absolute atomic E-state index is 13.3. The van der Waals surface area contributed by atoms with Crippen LogP contribution in [0.15, 0.2) is 63.8 Å². The molecule has 166 valence electrons. The highest BCUT2D eigenvalue weighted by Gasteiger charge is 2.49. The van der Waals surface area contributed by atoms with E-state index in [1.807, 2.05) is 41.3 Å². The van der Waals surface area contributed by atoms with Crippen LogP contribution in [0.3, 0.4) is 0 Å². The van der Waals surface area contributed by atoms with Crippen LogP contribution in [0.5, 0.6) is 0 Å². The first-order valence-electron chi connectivity index (χ1n) is 11.4. The Bertz CT molecular complexity index is 1050. The van der Waals surface area contributed by atoms with Crippen LogP contribution in [-0.2, 0) is 11.3 Å². The quantitative estimate of drug-likeness (QED) is 0.258. The van der Waals surface area contributed by atoms with Gasteiger partial charge < -0.3 is 5.73 Å². The van der Waals surface area contributed by atoms with Crippen LogP contribution in [0.4, 0.5) is 0 Å². The van der Waals surface area contributed by atoms with Crippen molar-refractivity contribution in [2.45, 2.75) is 64.0 Å². The van der Waals surface area contributed by atoms with Crippen LogP contribution in [0, 0.1) is 5.53 Å². The minimum atomic E-state index is -0.498. The fourth-order valence-corrected chi connectivity index (χ4v) is 4.74. The molecule has 1 heterocycles. The zero-order valence-corrected chi connectivity index (χ0v) is 18.6. The van der Waals surface area contributed by atoms with Crippen molar-refractivity contribution in [3.05, 3.63) is 59.7 Å². The first-order valence-corrected chi connectivity index (χ1v) is 11.4. The lowest BCUT2D eigenvalue weighted by atomic mass is 9.97. The van der Waals surface area contributed by atoms with E-state index in [1.165, 1.54) is 0 Å².